The number of fused-ring (bicyclic) bond motifs is 6. The van der Waals surface area contributed by atoms with Crippen LogP contribution in [0.3, 0.4) is 0 Å². The van der Waals surface area contributed by atoms with E-state index in [-0.39, 0.29) is 23.2 Å². The molecule has 0 N–H and O–H groups in total. The first kappa shape index (κ1) is 22.5. The van der Waals surface area contributed by atoms with Crippen LogP contribution in [-0.2, 0) is 16.1 Å². The van der Waals surface area contributed by atoms with Gasteiger partial charge in [-0.3, -0.25) is 14.2 Å². The topological polar surface area (TPSA) is 70.0 Å². The van der Waals surface area contributed by atoms with E-state index in [1.165, 1.54) is 36.2 Å². The number of rotatable bonds is 5. The van der Waals surface area contributed by atoms with Gasteiger partial charge in [-0.2, -0.15) is 0 Å². The summed E-state index contributed by atoms with van der Waals surface area (Å²) in [5.74, 6) is 3.47. The molecule has 182 valence electrons. The minimum atomic E-state index is -0.0306. The van der Waals surface area contributed by atoms with Gasteiger partial charge in [0.2, 0.25) is 5.91 Å². The Bertz CT molecular complexity index is 1150. The molecule has 3 heterocycles. The van der Waals surface area contributed by atoms with Crippen molar-refractivity contribution in [2.75, 3.05) is 40.5 Å². The van der Waals surface area contributed by atoms with E-state index in [2.05, 4.69) is 12.1 Å². The molecule has 2 aliphatic carbocycles. The molecule has 0 unspecified atom stereocenters. The van der Waals surface area contributed by atoms with Crippen molar-refractivity contribution in [3.8, 4) is 11.5 Å². The average molecular weight is 503 g/mol. The number of hydrogen-bond acceptors (Lipinski definition) is 7. The summed E-state index contributed by atoms with van der Waals surface area (Å²) in [5.41, 5.74) is 1.18. The Morgan fingerprint density at radius 3 is 2.65 bits per heavy atom. The smallest absolute Gasteiger partial charge is 0.308 e. The minimum Gasteiger partial charge on any atom is -0.493 e. The minimum absolute atomic E-state index is 0.00401. The van der Waals surface area contributed by atoms with Gasteiger partial charge in [0, 0.05) is 29.1 Å². The normalized spacial score (nSPS) is 29.6. The van der Waals surface area contributed by atoms with E-state index in [1.807, 2.05) is 22.7 Å². The summed E-state index contributed by atoms with van der Waals surface area (Å²) >= 11 is 3.19. The molecular weight excluding hydrogens is 472 g/mol. The maximum absolute atomic E-state index is 13.3. The fourth-order valence-corrected chi connectivity index (χ4v) is 9.71. The summed E-state index contributed by atoms with van der Waals surface area (Å²) in [6.07, 6.45) is 3.82. The second-order valence-electron chi connectivity index (χ2n) is 9.70. The highest BCUT2D eigenvalue weighted by molar-refractivity contribution is 8.00. The van der Waals surface area contributed by atoms with Crippen LogP contribution in [0.1, 0.15) is 35.6 Å². The van der Waals surface area contributed by atoms with Crippen molar-refractivity contribution in [2.24, 2.45) is 17.8 Å². The van der Waals surface area contributed by atoms with Crippen molar-refractivity contribution in [2.45, 2.75) is 42.0 Å². The lowest BCUT2D eigenvalue weighted by Crippen LogP contribution is -2.43. The van der Waals surface area contributed by atoms with E-state index in [1.54, 1.807) is 18.8 Å². The first-order chi connectivity index (χ1) is 16.6. The van der Waals surface area contributed by atoms with Gasteiger partial charge in [0.25, 0.3) is 0 Å². The molecule has 0 spiro atoms. The zero-order valence-corrected chi connectivity index (χ0v) is 21.2. The van der Waals surface area contributed by atoms with Gasteiger partial charge < -0.3 is 19.1 Å². The molecule has 1 aromatic carbocycles. The molecule has 6 rings (SSSR count). The van der Waals surface area contributed by atoms with Gasteiger partial charge in [-0.1, -0.05) is 17.4 Å². The molecule has 4 aliphatic rings. The van der Waals surface area contributed by atoms with Crippen molar-refractivity contribution in [3.63, 3.8) is 0 Å². The van der Waals surface area contributed by atoms with Gasteiger partial charge in [0.05, 0.1) is 32.5 Å². The van der Waals surface area contributed by atoms with Crippen LogP contribution >= 0.6 is 23.1 Å². The fourth-order valence-electron chi connectivity index (χ4n) is 6.55. The molecule has 2 aromatic rings. The number of morpholine rings is 1. The maximum atomic E-state index is 13.3. The number of carbonyl (C=O) groups is 1. The van der Waals surface area contributed by atoms with Crippen LogP contribution in [0.2, 0.25) is 0 Å². The number of thiazole rings is 1. The third-order valence-corrected chi connectivity index (χ3v) is 10.9. The number of ether oxygens (including phenoxy) is 3. The monoisotopic (exact) mass is 502 g/mol. The van der Waals surface area contributed by atoms with E-state index < -0.39 is 0 Å². The summed E-state index contributed by atoms with van der Waals surface area (Å²) in [4.78, 5) is 29.2. The first-order valence-corrected chi connectivity index (χ1v) is 13.8. The largest absolute Gasteiger partial charge is 0.493 e. The van der Waals surface area contributed by atoms with Crippen molar-refractivity contribution >= 4 is 29.0 Å². The van der Waals surface area contributed by atoms with Crippen molar-refractivity contribution < 1.29 is 19.0 Å². The van der Waals surface area contributed by atoms with E-state index in [0.717, 1.165) is 9.90 Å². The molecule has 1 aromatic heterocycles. The molecule has 1 saturated heterocycles. The van der Waals surface area contributed by atoms with E-state index >= 15 is 0 Å². The van der Waals surface area contributed by atoms with Crippen molar-refractivity contribution in [3.05, 3.63) is 38.3 Å². The molecule has 9 heteroatoms. The van der Waals surface area contributed by atoms with Crippen LogP contribution in [0, 0.1) is 17.8 Å². The lowest BCUT2D eigenvalue weighted by atomic mass is 9.75. The Hall–Kier alpha value is -1.97. The Labute approximate surface area is 207 Å². The van der Waals surface area contributed by atoms with Gasteiger partial charge in [0.15, 0.2) is 11.5 Å². The fraction of sp³-hybridized carbons (Fsp3) is 0.600. The molecule has 2 aliphatic heterocycles. The maximum Gasteiger partial charge on any atom is 0.308 e. The number of amides is 1. The van der Waals surface area contributed by atoms with E-state index in [9.17, 15) is 9.59 Å². The third kappa shape index (κ3) is 3.58. The number of aromatic nitrogens is 1. The highest BCUT2D eigenvalue weighted by Crippen LogP contribution is 2.64. The van der Waals surface area contributed by atoms with Crippen LogP contribution in [-0.4, -0.2) is 61.1 Å². The quantitative estimate of drug-likeness (QED) is 0.624. The zero-order chi connectivity index (χ0) is 23.4. The van der Waals surface area contributed by atoms with Crippen LogP contribution in [0.4, 0.5) is 0 Å². The van der Waals surface area contributed by atoms with Gasteiger partial charge >= 0.3 is 4.87 Å². The highest BCUT2D eigenvalue weighted by atomic mass is 32.2. The average Bonchev–Trinajstić information content (AvgIpc) is 3.57. The summed E-state index contributed by atoms with van der Waals surface area (Å²) in [7, 11) is 3.31. The number of hydrogen-bond donors (Lipinski definition) is 0. The second-order valence-corrected chi connectivity index (χ2v) is 11.9. The molecule has 0 radical (unpaired) electrons. The molecule has 5 atom stereocenters. The lowest BCUT2D eigenvalue weighted by Gasteiger charge is -2.40. The molecule has 3 fully saturated rings. The Kier molecular flexibility index (Phi) is 5.90. The van der Waals surface area contributed by atoms with E-state index in [4.69, 9.17) is 14.2 Å². The number of thioether (sulfide) groups is 1. The molecule has 2 saturated carbocycles. The van der Waals surface area contributed by atoms with Crippen LogP contribution in [0.5, 0.6) is 11.5 Å². The number of carbonyl (C=O) groups excluding carboxylic acids is 1. The lowest BCUT2D eigenvalue weighted by molar-refractivity contribution is -0.136. The van der Waals surface area contributed by atoms with Gasteiger partial charge in [-0.05, 0) is 54.7 Å². The van der Waals surface area contributed by atoms with Crippen LogP contribution < -0.4 is 14.3 Å². The summed E-state index contributed by atoms with van der Waals surface area (Å²) in [5, 5.41) is 1.49. The third-order valence-electron chi connectivity index (χ3n) is 8.11. The van der Waals surface area contributed by atoms with Gasteiger partial charge in [-0.15, -0.1) is 11.8 Å². The van der Waals surface area contributed by atoms with Crippen molar-refractivity contribution in [1.82, 2.24) is 9.47 Å². The number of benzene rings is 1. The van der Waals surface area contributed by atoms with Crippen LogP contribution in [0.25, 0.3) is 0 Å². The van der Waals surface area contributed by atoms with E-state index in [0.29, 0.717) is 60.8 Å². The van der Waals surface area contributed by atoms with Gasteiger partial charge in [-0.25, -0.2) is 0 Å². The number of nitrogens with zero attached hydrogens (tertiary/aromatic N) is 2. The van der Waals surface area contributed by atoms with Crippen LogP contribution in [0.15, 0.2) is 28.0 Å². The first-order valence-electron chi connectivity index (χ1n) is 12.1. The van der Waals surface area contributed by atoms with Gasteiger partial charge in [0.1, 0.15) is 6.54 Å². The van der Waals surface area contributed by atoms with Crippen molar-refractivity contribution in [1.29, 1.82) is 0 Å². The molecule has 34 heavy (non-hydrogen) atoms. The second kappa shape index (κ2) is 8.91. The predicted octanol–water partition coefficient (Wildman–Crippen LogP) is 3.44. The standard InChI is InChI=1S/C25H30N2O5S2/c1-30-17-6-5-15(12-18(17)31-2)21-20-14-3-4-16(11-14)22(20)33-24-23(21)34-25(29)27(24)13-19(28)26-7-9-32-10-8-26/h5-6,12,14,16,20-22H,3-4,7-11,13H2,1-2H3/t14-,16-,20-,21-,22+/m0/s1. The molecule has 2 bridgehead atoms. The predicted molar refractivity (Wildman–Crippen MR) is 131 cm³/mol. The Morgan fingerprint density at radius 2 is 1.88 bits per heavy atom. The summed E-state index contributed by atoms with van der Waals surface area (Å²) < 4.78 is 18.2. The SMILES string of the molecule is COc1ccc([C@@H]2c3sc(=O)n(CC(=O)N4CCOCC4)c3S[C@@H]3[C@H]4CC[C@@H](C4)[C@@H]23)cc1OC. The summed E-state index contributed by atoms with van der Waals surface area (Å²) in [6.45, 7) is 2.42. The highest BCUT2D eigenvalue weighted by Gasteiger charge is 2.55. The molecule has 7 nitrogen and oxygen atoms in total. The summed E-state index contributed by atoms with van der Waals surface area (Å²) in [6, 6.07) is 6.18. The zero-order valence-electron chi connectivity index (χ0n) is 19.5. The number of methoxy groups -OCH3 is 2. The Balaban J connectivity index is 1.41. The Morgan fingerprint density at radius 1 is 1.12 bits per heavy atom. The molecule has 1 amide bonds. The molecular formula is C25H30N2O5S2.